The number of aromatic carboxylic acids is 1. The van der Waals surface area contributed by atoms with Gasteiger partial charge in [0.1, 0.15) is 10.8 Å². The first-order valence-corrected chi connectivity index (χ1v) is 7.35. The summed E-state index contributed by atoms with van der Waals surface area (Å²) < 4.78 is 5.58. The Labute approximate surface area is 122 Å². The highest BCUT2D eigenvalue weighted by Crippen LogP contribution is 2.28. The van der Waals surface area contributed by atoms with Gasteiger partial charge in [-0.2, -0.15) is 0 Å². The van der Waals surface area contributed by atoms with Crippen LogP contribution in [0.2, 0.25) is 0 Å². The second-order valence-corrected chi connectivity index (χ2v) is 5.45. The predicted octanol–water partition coefficient (Wildman–Crippen LogP) is 2.66. The first kappa shape index (κ1) is 14.5. The molecule has 5 heteroatoms. The van der Waals surface area contributed by atoms with Crippen LogP contribution < -0.4 is 9.84 Å². The molecular weight excluding hydrogens is 274 g/mol. The molecule has 0 bridgehead atoms. The molecule has 20 heavy (non-hydrogen) atoms. The van der Waals surface area contributed by atoms with E-state index in [1.54, 1.807) is 6.92 Å². The maximum absolute atomic E-state index is 10.9. The van der Waals surface area contributed by atoms with Crippen molar-refractivity contribution < 1.29 is 14.6 Å². The lowest BCUT2D eigenvalue weighted by Gasteiger charge is -2.05. The number of aromatic nitrogens is 1. The quantitative estimate of drug-likeness (QED) is 0.767. The van der Waals surface area contributed by atoms with Crippen molar-refractivity contribution in [3.05, 3.63) is 34.8 Å². The molecule has 0 amide bonds. The molecule has 0 N–H and O–H groups in total. The normalized spacial score (nSPS) is 10.5. The minimum absolute atomic E-state index is 0.184. The third-order valence-electron chi connectivity index (χ3n) is 2.85. The number of nitrogens with zero attached hydrogens (tertiary/aromatic N) is 1. The van der Waals surface area contributed by atoms with Crippen molar-refractivity contribution in [2.45, 2.75) is 26.7 Å². The zero-order valence-corrected chi connectivity index (χ0v) is 12.3. The van der Waals surface area contributed by atoms with Crippen molar-refractivity contribution in [2.24, 2.45) is 0 Å². The molecule has 106 valence electrons. The summed E-state index contributed by atoms with van der Waals surface area (Å²) in [5.74, 6) is -0.360. The topological polar surface area (TPSA) is 62.2 Å². The first-order chi connectivity index (χ1) is 9.61. The Hall–Kier alpha value is -1.88. The van der Waals surface area contributed by atoms with Crippen LogP contribution in [0.25, 0.3) is 10.6 Å². The van der Waals surface area contributed by atoms with Gasteiger partial charge in [-0.15, -0.1) is 11.3 Å². The van der Waals surface area contributed by atoms with E-state index >= 15 is 0 Å². The molecule has 0 atom stereocenters. The zero-order chi connectivity index (χ0) is 14.5. The molecule has 0 aliphatic carbocycles. The Bertz CT molecular complexity index is 590. The highest BCUT2D eigenvalue weighted by Gasteiger charge is 2.10. The highest BCUT2D eigenvalue weighted by molar-refractivity contribution is 7.17. The summed E-state index contributed by atoms with van der Waals surface area (Å²) in [7, 11) is 0. The van der Waals surface area contributed by atoms with Crippen molar-refractivity contribution in [3.63, 3.8) is 0 Å². The SMILES string of the molecule is CCCCOc1ccc(-c2nc(C)c(C(=O)[O-])s2)cc1. The zero-order valence-electron chi connectivity index (χ0n) is 11.5. The third kappa shape index (κ3) is 3.36. The summed E-state index contributed by atoms with van der Waals surface area (Å²) in [5, 5.41) is 11.6. The first-order valence-electron chi connectivity index (χ1n) is 6.53. The summed E-state index contributed by atoms with van der Waals surface area (Å²) in [4.78, 5) is 15.4. The average Bonchev–Trinajstić information content (AvgIpc) is 2.82. The fourth-order valence-corrected chi connectivity index (χ4v) is 2.64. The number of carboxylic acids is 1. The van der Waals surface area contributed by atoms with E-state index in [1.165, 1.54) is 0 Å². The number of unbranched alkanes of at least 4 members (excludes halogenated alkanes) is 1. The van der Waals surface area contributed by atoms with Crippen LogP contribution in [0.15, 0.2) is 24.3 Å². The summed E-state index contributed by atoms with van der Waals surface area (Å²) >= 11 is 1.13. The van der Waals surface area contributed by atoms with Gasteiger partial charge in [0.2, 0.25) is 0 Å². The second kappa shape index (κ2) is 6.52. The molecule has 1 aromatic carbocycles. The predicted molar refractivity (Wildman–Crippen MR) is 77.0 cm³/mol. The van der Waals surface area contributed by atoms with Gasteiger partial charge >= 0.3 is 0 Å². The fraction of sp³-hybridized carbons (Fsp3) is 0.333. The van der Waals surface area contributed by atoms with Crippen molar-refractivity contribution in [1.29, 1.82) is 0 Å². The number of carboxylic acid groups (broad SMARTS) is 1. The Morgan fingerprint density at radius 2 is 2.05 bits per heavy atom. The second-order valence-electron chi connectivity index (χ2n) is 4.45. The molecule has 2 aromatic rings. The van der Waals surface area contributed by atoms with Gasteiger partial charge in [-0.05, 0) is 37.6 Å². The van der Waals surface area contributed by atoms with Gasteiger partial charge in [0.25, 0.3) is 0 Å². The molecule has 1 heterocycles. The number of rotatable bonds is 6. The van der Waals surface area contributed by atoms with Crippen molar-refractivity contribution in [3.8, 4) is 16.3 Å². The Balaban J connectivity index is 2.13. The number of hydrogen-bond acceptors (Lipinski definition) is 5. The molecule has 0 saturated carbocycles. The fourth-order valence-electron chi connectivity index (χ4n) is 1.74. The van der Waals surface area contributed by atoms with Crippen molar-refractivity contribution in [1.82, 2.24) is 4.98 Å². The molecule has 0 aliphatic heterocycles. The number of thiazole rings is 1. The molecule has 0 aliphatic rings. The van der Waals surface area contributed by atoms with E-state index < -0.39 is 5.97 Å². The van der Waals surface area contributed by atoms with Gasteiger partial charge < -0.3 is 14.6 Å². The van der Waals surface area contributed by atoms with Crippen LogP contribution in [0, 0.1) is 6.92 Å². The van der Waals surface area contributed by atoms with Crippen LogP contribution >= 0.6 is 11.3 Å². The van der Waals surface area contributed by atoms with Gasteiger partial charge in [0.15, 0.2) is 0 Å². The molecule has 4 nitrogen and oxygen atoms in total. The Morgan fingerprint density at radius 3 is 2.60 bits per heavy atom. The lowest BCUT2D eigenvalue weighted by Crippen LogP contribution is -2.21. The molecule has 0 fully saturated rings. The van der Waals surface area contributed by atoms with Gasteiger partial charge in [-0.1, -0.05) is 13.3 Å². The maximum atomic E-state index is 10.9. The standard InChI is InChI=1S/C15H17NO3S/c1-3-4-9-19-12-7-5-11(6-8-12)14-16-10(2)13(20-14)15(17)18/h5-8H,3-4,9H2,1-2H3,(H,17,18)/p-1. The number of ether oxygens (including phenoxy) is 1. The maximum Gasteiger partial charge on any atom is 0.124 e. The van der Waals surface area contributed by atoms with Gasteiger partial charge in [-0.3, -0.25) is 0 Å². The van der Waals surface area contributed by atoms with Crippen LogP contribution in [0.5, 0.6) is 5.75 Å². The minimum Gasteiger partial charge on any atom is -0.544 e. The molecule has 2 rings (SSSR count). The largest absolute Gasteiger partial charge is 0.544 e. The Morgan fingerprint density at radius 1 is 1.35 bits per heavy atom. The number of carbonyl (C=O) groups excluding carboxylic acids is 1. The van der Waals surface area contributed by atoms with Gasteiger partial charge in [0.05, 0.1) is 23.1 Å². The average molecular weight is 290 g/mol. The van der Waals surface area contributed by atoms with E-state index in [9.17, 15) is 9.90 Å². The summed E-state index contributed by atoms with van der Waals surface area (Å²) in [5.41, 5.74) is 1.38. The summed E-state index contributed by atoms with van der Waals surface area (Å²) in [6.45, 7) is 4.50. The van der Waals surface area contributed by atoms with E-state index in [2.05, 4.69) is 11.9 Å². The van der Waals surface area contributed by atoms with Gasteiger partial charge in [-0.25, -0.2) is 4.98 Å². The molecule has 0 saturated heterocycles. The van der Waals surface area contributed by atoms with E-state index in [0.717, 1.165) is 35.5 Å². The molecular formula is C15H16NO3S-. The van der Waals surface area contributed by atoms with Crippen LogP contribution in [0.1, 0.15) is 35.1 Å². The number of benzene rings is 1. The van der Waals surface area contributed by atoms with Crippen molar-refractivity contribution >= 4 is 17.3 Å². The summed E-state index contributed by atoms with van der Waals surface area (Å²) in [6.07, 6.45) is 2.13. The lowest BCUT2D eigenvalue weighted by atomic mass is 10.2. The van der Waals surface area contributed by atoms with Crippen LogP contribution in [0.3, 0.4) is 0 Å². The monoisotopic (exact) mass is 290 g/mol. The minimum atomic E-state index is -1.18. The van der Waals surface area contributed by atoms with E-state index in [1.807, 2.05) is 24.3 Å². The molecule has 0 radical (unpaired) electrons. The molecule has 1 aromatic heterocycles. The van der Waals surface area contributed by atoms with Gasteiger partial charge in [0, 0.05) is 5.56 Å². The van der Waals surface area contributed by atoms with Crippen LogP contribution in [-0.4, -0.2) is 17.6 Å². The number of aryl methyl sites for hydroxylation is 1. The third-order valence-corrected chi connectivity index (χ3v) is 4.04. The number of carbonyl (C=O) groups is 1. The summed E-state index contributed by atoms with van der Waals surface area (Å²) in [6, 6.07) is 7.53. The molecule has 0 spiro atoms. The smallest absolute Gasteiger partial charge is 0.124 e. The van der Waals surface area contributed by atoms with E-state index in [0.29, 0.717) is 17.3 Å². The van der Waals surface area contributed by atoms with E-state index in [-0.39, 0.29) is 4.88 Å². The van der Waals surface area contributed by atoms with Crippen LogP contribution in [-0.2, 0) is 0 Å². The highest BCUT2D eigenvalue weighted by atomic mass is 32.1. The molecule has 0 unspecified atom stereocenters. The van der Waals surface area contributed by atoms with Crippen molar-refractivity contribution in [2.75, 3.05) is 6.61 Å². The Kier molecular flexibility index (Phi) is 4.74. The lowest BCUT2D eigenvalue weighted by molar-refractivity contribution is -0.254. The van der Waals surface area contributed by atoms with Crippen LogP contribution in [0.4, 0.5) is 0 Å². The number of hydrogen-bond donors (Lipinski definition) is 0. The van der Waals surface area contributed by atoms with E-state index in [4.69, 9.17) is 4.74 Å².